The van der Waals surface area contributed by atoms with Crippen LogP contribution in [0.2, 0.25) is 0 Å². The largest absolute Gasteiger partial charge is 0.347 e. The van der Waals surface area contributed by atoms with Crippen LogP contribution in [0.25, 0.3) is 11.3 Å². The number of rotatable bonds is 5. The summed E-state index contributed by atoms with van der Waals surface area (Å²) >= 11 is 0. The number of nitriles is 1. The van der Waals surface area contributed by atoms with E-state index in [0.717, 1.165) is 54.1 Å². The maximum atomic E-state index is 14.7. The number of carbonyl (C=O) groups excluding carboxylic acids is 2. The molecular weight excluding hydrogens is 632 g/mol. The number of carbonyl (C=O) groups is 2. The van der Waals surface area contributed by atoms with Crippen molar-refractivity contribution in [2.75, 3.05) is 11.4 Å². The number of nitrogens with zero attached hydrogens (tertiary/aromatic N) is 5. The second kappa shape index (κ2) is 13.4. The highest BCUT2D eigenvalue weighted by Gasteiger charge is 2.32. The lowest BCUT2D eigenvalue weighted by Crippen LogP contribution is -2.43. The van der Waals surface area contributed by atoms with Crippen LogP contribution in [-0.2, 0) is 40.0 Å². The third-order valence-corrected chi connectivity index (χ3v) is 10.3. The van der Waals surface area contributed by atoms with Gasteiger partial charge in [0.1, 0.15) is 11.8 Å². The van der Waals surface area contributed by atoms with Gasteiger partial charge < -0.3 is 19.4 Å². The number of nitrogens with one attached hydrogen (secondary N) is 1. The Hall–Kier alpha value is -5.10. The molecule has 2 amide bonds. The van der Waals surface area contributed by atoms with Crippen molar-refractivity contribution in [1.29, 1.82) is 5.26 Å². The van der Waals surface area contributed by atoms with Crippen molar-refractivity contribution >= 4 is 35.6 Å². The number of benzene rings is 3. The normalized spacial score (nSPS) is 15.1. The lowest BCUT2D eigenvalue weighted by Gasteiger charge is -2.35. The van der Waals surface area contributed by atoms with Gasteiger partial charge in [0.2, 0.25) is 0 Å². The molecule has 5 aromatic rings. The SMILES string of the molecule is Cc1c(N(C(=O)c2cc(-c3cc4c(cc3C(=O)N3Cc5ccccc5C[C@H]3C)CNCC4)n(C)c2C)c2ccccc2)cc(C#N)n1C.Cl. The number of hydrogen-bond acceptors (Lipinski definition) is 4. The predicted octanol–water partition coefficient (Wildman–Crippen LogP) is 7.15. The Kier molecular flexibility index (Phi) is 9.26. The zero-order valence-corrected chi connectivity index (χ0v) is 29.4. The first-order valence-corrected chi connectivity index (χ1v) is 16.5. The van der Waals surface area contributed by atoms with Crippen molar-refractivity contribution in [3.05, 3.63) is 129 Å². The molecular formula is C40H41ClN6O2. The van der Waals surface area contributed by atoms with E-state index in [1.165, 1.54) is 16.7 Å². The average Bonchev–Trinajstić information content (AvgIpc) is 3.56. The molecule has 2 aliphatic rings. The van der Waals surface area contributed by atoms with Gasteiger partial charge in [0.25, 0.3) is 11.8 Å². The predicted molar refractivity (Wildman–Crippen MR) is 196 cm³/mol. The highest BCUT2D eigenvalue weighted by atomic mass is 35.5. The molecule has 0 bridgehead atoms. The summed E-state index contributed by atoms with van der Waals surface area (Å²) in [6, 6.07) is 28.2. The molecule has 49 heavy (non-hydrogen) atoms. The minimum atomic E-state index is -0.199. The van der Waals surface area contributed by atoms with Crippen LogP contribution in [-0.4, -0.2) is 38.4 Å². The van der Waals surface area contributed by atoms with Crippen LogP contribution in [0.3, 0.4) is 0 Å². The molecule has 9 heteroatoms. The third-order valence-electron chi connectivity index (χ3n) is 10.3. The van der Waals surface area contributed by atoms with E-state index in [9.17, 15) is 14.9 Å². The monoisotopic (exact) mass is 672 g/mol. The number of halogens is 1. The number of hydrogen-bond donors (Lipinski definition) is 1. The van der Waals surface area contributed by atoms with Gasteiger partial charge in [-0.1, -0.05) is 42.5 Å². The minimum absolute atomic E-state index is 0. The Morgan fingerprint density at radius 2 is 1.57 bits per heavy atom. The molecule has 4 heterocycles. The van der Waals surface area contributed by atoms with Gasteiger partial charge in [-0.2, -0.15) is 5.26 Å². The molecule has 0 unspecified atom stereocenters. The Morgan fingerprint density at radius 3 is 2.29 bits per heavy atom. The third kappa shape index (κ3) is 5.83. The Balaban J connectivity index is 0.00000417. The van der Waals surface area contributed by atoms with Crippen LogP contribution in [0.4, 0.5) is 11.4 Å². The Morgan fingerprint density at radius 1 is 0.857 bits per heavy atom. The van der Waals surface area contributed by atoms with E-state index in [1.54, 1.807) is 11.0 Å². The van der Waals surface area contributed by atoms with Crippen LogP contribution in [0.5, 0.6) is 0 Å². The topological polar surface area (TPSA) is 86.3 Å². The molecule has 0 radical (unpaired) electrons. The summed E-state index contributed by atoms with van der Waals surface area (Å²) < 4.78 is 3.84. The van der Waals surface area contributed by atoms with Gasteiger partial charge in [0.05, 0.1) is 11.3 Å². The number of aromatic nitrogens is 2. The van der Waals surface area contributed by atoms with Crippen LogP contribution in [0, 0.1) is 25.2 Å². The first-order chi connectivity index (χ1) is 23.2. The summed E-state index contributed by atoms with van der Waals surface area (Å²) in [5.74, 6) is -0.197. The fraction of sp³-hybridized carbons (Fsp3) is 0.275. The fourth-order valence-electron chi connectivity index (χ4n) is 7.28. The highest BCUT2D eigenvalue weighted by Crippen LogP contribution is 2.37. The maximum Gasteiger partial charge on any atom is 0.264 e. The van der Waals surface area contributed by atoms with E-state index in [0.29, 0.717) is 34.7 Å². The van der Waals surface area contributed by atoms with Crippen molar-refractivity contribution in [2.45, 2.75) is 52.7 Å². The summed E-state index contributed by atoms with van der Waals surface area (Å²) in [4.78, 5) is 33.0. The van der Waals surface area contributed by atoms with Crippen molar-refractivity contribution in [3.63, 3.8) is 0 Å². The van der Waals surface area contributed by atoms with Crippen LogP contribution in [0.1, 0.15) is 67.0 Å². The van der Waals surface area contributed by atoms with Gasteiger partial charge in [0, 0.05) is 67.1 Å². The van der Waals surface area contributed by atoms with Crippen molar-refractivity contribution in [2.24, 2.45) is 14.1 Å². The molecule has 0 spiro atoms. The fourth-order valence-corrected chi connectivity index (χ4v) is 7.28. The lowest BCUT2D eigenvalue weighted by molar-refractivity contribution is 0.0658. The molecule has 1 atom stereocenters. The van der Waals surface area contributed by atoms with Crippen molar-refractivity contribution in [3.8, 4) is 17.3 Å². The summed E-state index contributed by atoms with van der Waals surface area (Å²) in [7, 11) is 3.80. The number of fused-ring (bicyclic) bond motifs is 2. The summed E-state index contributed by atoms with van der Waals surface area (Å²) in [5.41, 5.74) is 11.1. The second-order valence-corrected chi connectivity index (χ2v) is 13.1. The number of anilines is 2. The molecule has 8 nitrogen and oxygen atoms in total. The number of amides is 2. The molecule has 2 aliphatic heterocycles. The standard InChI is InChI=1S/C40H40N6O2.ClH/c1-25-17-28-11-9-10-12-30(28)24-45(25)39(47)36-19-31-23-42-16-15-29(31)18-35(36)38-21-34(26(2)44(38)5)40(48)46(32-13-7-6-8-14-32)37-20-33(22-41)43(4)27(37)3;/h6-14,18-21,25,42H,15-17,23-24H2,1-5H3;1H/t25-;/m1./s1. The molecule has 0 fully saturated rings. The first kappa shape index (κ1) is 33.8. The van der Waals surface area contributed by atoms with Gasteiger partial charge in [-0.3, -0.25) is 14.5 Å². The molecule has 0 saturated heterocycles. The molecule has 3 aromatic carbocycles. The van der Waals surface area contributed by atoms with E-state index in [1.807, 2.05) is 84.4 Å². The maximum absolute atomic E-state index is 14.7. The molecule has 0 saturated carbocycles. The van der Waals surface area contributed by atoms with Crippen LogP contribution < -0.4 is 10.2 Å². The van der Waals surface area contributed by atoms with Gasteiger partial charge in [0.15, 0.2) is 0 Å². The Labute approximate surface area is 294 Å². The first-order valence-electron chi connectivity index (χ1n) is 16.5. The van der Waals surface area contributed by atoms with E-state index in [-0.39, 0.29) is 30.3 Å². The summed E-state index contributed by atoms with van der Waals surface area (Å²) in [5, 5.41) is 13.2. The van der Waals surface area contributed by atoms with Gasteiger partial charge in [-0.25, -0.2) is 0 Å². The molecule has 2 aromatic heterocycles. The van der Waals surface area contributed by atoms with Crippen molar-refractivity contribution < 1.29 is 9.59 Å². The number of para-hydroxylation sites is 1. The molecule has 1 N–H and O–H groups in total. The molecule has 0 aliphatic carbocycles. The van der Waals surface area contributed by atoms with Crippen LogP contribution >= 0.6 is 12.4 Å². The summed E-state index contributed by atoms with van der Waals surface area (Å²) in [6.07, 6.45) is 1.68. The van der Waals surface area contributed by atoms with E-state index < -0.39 is 0 Å². The van der Waals surface area contributed by atoms with Crippen molar-refractivity contribution in [1.82, 2.24) is 19.4 Å². The van der Waals surface area contributed by atoms with Gasteiger partial charge >= 0.3 is 0 Å². The smallest absolute Gasteiger partial charge is 0.264 e. The van der Waals surface area contributed by atoms with E-state index >= 15 is 0 Å². The summed E-state index contributed by atoms with van der Waals surface area (Å²) in [6.45, 7) is 8.15. The van der Waals surface area contributed by atoms with E-state index in [2.05, 4.69) is 48.6 Å². The Bertz CT molecular complexity index is 2120. The average molecular weight is 673 g/mol. The minimum Gasteiger partial charge on any atom is -0.347 e. The second-order valence-electron chi connectivity index (χ2n) is 13.1. The molecule has 7 rings (SSSR count). The highest BCUT2D eigenvalue weighted by molar-refractivity contribution is 6.13. The van der Waals surface area contributed by atoms with Gasteiger partial charge in [-0.15, -0.1) is 12.4 Å². The quantitative estimate of drug-likeness (QED) is 0.215. The zero-order chi connectivity index (χ0) is 33.7. The van der Waals surface area contributed by atoms with Crippen LogP contribution in [0.15, 0.2) is 78.9 Å². The van der Waals surface area contributed by atoms with E-state index in [4.69, 9.17) is 0 Å². The van der Waals surface area contributed by atoms with Gasteiger partial charge in [-0.05, 0) is 98.8 Å². The lowest BCUT2D eigenvalue weighted by atomic mass is 9.90. The molecule has 250 valence electrons. The zero-order valence-electron chi connectivity index (χ0n) is 28.6.